The molecule has 0 aromatic heterocycles. The number of rotatable bonds is 5. The molecule has 39 heavy (non-hydrogen) atoms. The molecule has 2 aliphatic rings. The van der Waals surface area contributed by atoms with E-state index in [4.69, 9.17) is 11.6 Å². The van der Waals surface area contributed by atoms with Crippen molar-refractivity contribution in [3.05, 3.63) is 69.7 Å². The summed E-state index contributed by atoms with van der Waals surface area (Å²) in [5.41, 5.74) is 0.541. The normalized spacial score (nSPS) is 22.7. The largest absolute Gasteiger partial charge is 0.347 e. The van der Waals surface area contributed by atoms with Crippen LogP contribution in [0, 0.1) is 22.5 Å². The lowest BCUT2D eigenvalue weighted by Gasteiger charge is -2.48. The molecule has 0 saturated carbocycles. The van der Waals surface area contributed by atoms with Crippen LogP contribution in [0.5, 0.6) is 0 Å². The first-order valence-corrected chi connectivity index (χ1v) is 14.1. The van der Waals surface area contributed by atoms with Gasteiger partial charge in [0, 0.05) is 50.1 Å². The van der Waals surface area contributed by atoms with Crippen LogP contribution < -0.4 is 10.6 Å². The molecule has 2 atom stereocenters. The summed E-state index contributed by atoms with van der Waals surface area (Å²) in [6.07, 6.45) is 1.53. The average molecular weight is 560 g/mol. The predicted molar refractivity (Wildman–Crippen MR) is 151 cm³/mol. The molecule has 0 unspecified atom stereocenters. The summed E-state index contributed by atoms with van der Waals surface area (Å²) in [4.78, 5) is 28.2. The molecule has 2 aromatic rings. The fourth-order valence-corrected chi connectivity index (χ4v) is 6.98. The Bertz CT molecular complexity index is 1250. The Labute approximate surface area is 235 Å². The first kappa shape index (κ1) is 29.5. The molecule has 2 N–H and O–H groups in total. The van der Waals surface area contributed by atoms with Crippen LogP contribution >= 0.6 is 11.6 Å². The minimum Gasteiger partial charge on any atom is -0.347 e. The number of piperidine rings is 1. The van der Waals surface area contributed by atoms with E-state index in [9.17, 15) is 18.4 Å². The molecule has 2 heterocycles. The van der Waals surface area contributed by atoms with Gasteiger partial charge >= 0.3 is 0 Å². The van der Waals surface area contributed by atoms with E-state index in [0.29, 0.717) is 36.8 Å². The Kier molecular flexibility index (Phi) is 8.17. The SMILES string of the molecule is CC(=O)NC(C)(C)c1cc(Cl)ccc1C1CCN(C(=O)[C@@]2(C(C)(C)C)CNC[C@H]2c2ccc(F)cc2F)CC1. The molecule has 0 radical (unpaired) electrons. The molecule has 0 bridgehead atoms. The third kappa shape index (κ3) is 5.58. The van der Waals surface area contributed by atoms with Crippen LogP contribution in [0.25, 0.3) is 0 Å². The van der Waals surface area contributed by atoms with Gasteiger partial charge in [-0.05, 0) is 72.9 Å². The topological polar surface area (TPSA) is 61.4 Å². The summed E-state index contributed by atoms with van der Waals surface area (Å²) < 4.78 is 28.7. The fraction of sp³-hybridized carbons (Fsp3) is 0.548. The summed E-state index contributed by atoms with van der Waals surface area (Å²) in [5.74, 6) is -1.55. The van der Waals surface area contributed by atoms with Crippen molar-refractivity contribution < 1.29 is 18.4 Å². The number of hydrogen-bond donors (Lipinski definition) is 2. The van der Waals surface area contributed by atoms with Crippen LogP contribution in [0.2, 0.25) is 5.02 Å². The number of benzene rings is 2. The second-order valence-corrected chi connectivity index (χ2v) is 13.1. The number of amides is 2. The van der Waals surface area contributed by atoms with Crippen molar-refractivity contribution in [2.75, 3.05) is 26.2 Å². The van der Waals surface area contributed by atoms with Gasteiger partial charge in [0.25, 0.3) is 0 Å². The molecule has 0 aliphatic carbocycles. The molecule has 2 aliphatic heterocycles. The van der Waals surface area contributed by atoms with Crippen LogP contribution in [-0.2, 0) is 15.1 Å². The second kappa shape index (κ2) is 10.8. The number of carbonyl (C=O) groups excluding carboxylic acids is 2. The van der Waals surface area contributed by atoms with Gasteiger partial charge in [0.05, 0.1) is 11.0 Å². The average Bonchev–Trinajstić information content (AvgIpc) is 3.29. The van der Waals surface area contributed by atoms with Crippen molar-refractivity contribution in [2.24, 2.45) is 10.8 Å². The molecule has 8 heteroatoms. The minimum atomic E-state index is -0.878. The van der Waals surface area contributed by atoms with Crippen molar-refractivity contribution >= 4 is 23.4 Å². The molecule has 4 rings (SSSR count). The number of carbonyl (C=O) groups is 2. The second-order valence-electron chi connectivity index (χ2n) is 12.7. The highest BCUT2D eigenvalue weighted by Crippen LogP contribution is 2.53. The Hall–Kier alpha value is -2.51. The number of nitrogens with zero attached hydrogens (tertiary/aromatic N) is 1. The summed E-state index contributed by atoms with van der Waals surface area (Å²) in [7, 11) is 0. The van der Waals surface area contributed by atoms with E-state index in [2.05, 4.69) is 10.6 Å². The smallest absolute Gasteiger partial charge is 0.231 e. The van der Waals surface area contributed by atoms with E-state index in [0.717, 1.165) is 30.0 Å². The molecule has 2 fully saturated rings. The van der Waals surface area contributed by atoms with Crippen LogP contribution in [0.3, 0.4) is 0 Å². The lowest BCUT2D eigenvalue weighted by molar-refractivity contribution is -0.150. The Morgan fingerprint density at radius 1 is 1.03 bits per heavy atom. The van der Waals surface area contributed by atoms with E-state index in [-0.39, 0.29) is 17.7 Å². The van der Waals surface area contributed by atoms with Gasteiger partial charge in [-0.3, -0.25) is 9.59 Å². The van der Waals surface area contributed by atoms with Gasteiger partial charge < -0.3 is 15.5 Å². The van der Waals surface area contributed by atoms with Gasteiger partial charge in [0.15, 0.2) is 0 Å². The maximum absolute atomic E-state index is 15.0. The number of nitrogens with one attached hydrogen (secondary N) is 2. The summed E-state index contributed by atoms with van der Waals surface area (Å²) in [5, 5.41) is 7.00. The zero-order chi connectivity index (χ0) is 28.8. The lowest BCUT2D eigenvalue weighted by atomic mass is 9.58. The van der Waals surface area contributed by atoms with Gasteiger partial charge in [-0.25, -0.2) is 8.78 Å². The fourth-order valence-electron chi connectivity index (χ4n) is 6.81. The van der Waals surface area contributed by atoms with Gasteiger partial charge in [-0.15, -0.1) is 0 Å². The Balaban J connectivity index is 1.60. The zero-order valence-corrected chi connectivity index (χ0v) is 24.5. The molecular weight excluding hydrogens is 520 g/mol. The lowest BCUT2D eigenvalue weighted by Crippen LogP contribution is -2.56. The van der Waals surface area contributed by atoms with Crippen molar-refractivity contribution in [3.8, 4) is 0 Å². The Morgan fingerprint density at radius 2 is 1.67 bits per heavy atom. The van der Waals surface area contributed by atoms with Crippen molar-refractivity contribution in [1.82, 2.24) is 15.5 Å². The maximum atomic E-state index is 15.0. The zero-order valence-electron chi connectivity index (χ0n) is 23.8. The molecule has 0 spiro atoms. The van der Waals surface area contributed by atoms with Crippen LogP contribution in [0.15, 0.2) is 36.4 Å². The Morgan fingerprint density at radius 3 is 2.26 bits per heavy atom. The summed E-state index contributed by atoms with van der Waals surface area (Å²) in [6, 6.07) is 9.50. The third-order valence-corrected chi connectivity index (χ3v) is 9.04. The highest BCUT2D eigenvalue weighted by atomic mass is 35.5. The highest BCUT2D eigenvalue weighted by Gasteiger charge is 2.58. The third-order valence-electron chi connectivity index (χ3n) is 8.80. The van der Waals surface area contributed by atoms with E-state index < -0.39 is 33.9 Å². The van der Waals surface area contributed by atoms with Crippen molar-refractivity contribution in [2.45, 2.75) is 71.8 Å². The quantitative estimate of drug-likeness (QED) is 0.464. The van der Waals surface area contributed by atoms with Crippen LogP contribution in [0.1, 0.15) is 82.9 Å². The van der Waals surface area contributed by atoms with Gasteiger partial charge in [-0.2, -0.15) is 0 Å². The summed E-state index contributed by atoms with van der Waals surface area (Å²) >= 11 is 6.36. The first-order chi connectivity index (χ1) is 18.2. The standard InChI is InChI=1S/C31H40ClF2N3O2/c1-19(38)36-30(5,6)25-15-21(32)7-9-23(25)20-11-13-37(14-12-20)28(39)31(29(2,3)4)18-35-17-26(31)24-10-8-22(33)16-27(24)34/h7-10,15-16,20,26,35H,11-14,17-18H2,1-6H3,(H,36,38)/t26-,31+/m0/s1. The van der Waals surface area contributed by atoms with E-state index >= 15 is 0 Å². The number of halogens is 3. The first-order valence-electron chi connectivity index (χ1n) is 13.7. The number of likely N-dealkylation sites (tertiary alicyclic amines) is 1. The van der Waals surface area contributed by atoms with Crippen molar-refractivity contribution in [1.29, 1.82) is 0 Å². The van der Waals surface area contributed by atoms with Crippen LogP contribution in [0.4, 0.5) is 8.78 Å². The molecule has 5 nitrogen and oxygen atoms in total. The maximum Gasteiger partial charge on any atom is 0.231 e. The molecular formula is C31H40ClF2N3O2. The minimum absolute atomic E-state index is 0.0158. The van der Waals surface area contributed by atoms with E-state index in [1.165, 1.54) is 19.1 Å². The molecule has 212 valence electrons. The number of hydrogen-bond acceptors (Lipinski definition) is 3. The van der Waals surface area contributed by atoms with Gasteiger partial charge in [0.2, 0.25) is 11.8 Å². The molecule has 2 aromatic carbocycles. The summed E-state index contributed by atoms with van der Waals surface area (Å²) in [6.45, 7) is 13.6. The van der Waals surface area contributed by atoms with Gasteiger partial charge in [0.1, 0.15) is 11.6 Å². The molecule has 2 amide bonds. The van der Waals surface area contributed by atoms with E-state index in [1.807, 2.05) is 57.7 Å². The van der Waals surface area contributed by atoms with Gasteiger partial charge in [-0.1, -0.05) is 44.5 Å². The molecule has 2 saturated heterocycles. The van der Waals surface area contributed by atoms with Crippen molar-refractivity contribution in [3.63, 3.8) is 0 Å². The van der Waals surface area contributed by atoms with Crippen LogP contribution in [-0.4, -0.2) is 42.9 Å². The highest BCUT2D eigenvalue weighted by molar-refractivity contribution is 6.30. The van der Waals surface area contributed by atoms with E-state index in [1.54, 1.807) is 0 Å². The predicted octanol–water partition coefficient (Wildman–Crippen LogP) is 6.11. The monoisotopic (exact) mass is 559 g/mol.